The van der Waals surface area contributed by atoms with Gasteiger partial charge in [0.05, 0.1) is 5.52 Å². The molecule has 23 heavy (non-hydrogen) atoms. The largest absolute Gasteiger partial charge is 0.506 e. The SMILES string of the molecule is Oc1cc(COc2ccc3ccccc3n2)cc2cccnc12. The van der Waals surface area contributed by atoms with Crippen molar-refractivity contribution in [3.8, 4) is 11.6 Å². The Morgan fingerprint density at radius 3 is 2.74 bits per heavy atom. The molecule has 4 rings (SSSR count). The van der Waals surface area contributed by atoms with E-state index in [-0.39, 0.29) is 5.75 Å². The Kier molecular flexibility index (Phi) is 3.27. The zero-order chi connectivity index (χ0) is 15.6. The van der Waals surface area contributed by atoms with Gasteiger partial charge in [-0.1, -0.05) is 24.3 Å². The van der Waals surface area contributed by atoms with Crippen LogP contribution in [0.5, 0.6) is 11.6 Å². The van der Waals surface area contributed by atoms with Crippen molar-refractivity contribution in [2.45, 2.75) is 6.61 Å². The summed E-state index contributed by atoms with van der Waals surface area (Å²) < 4.78 is 5.76. The summed E-state index contributed by atoms with van der Waals surface area (Å²) in [5.74, 6) is 0.725. The van der Waals surface area contributed by atoms with Crippen molar-refractivity contribution in [2.24, 2.45) is 0 Å². The molecular weight excluding hydrogens is 288 g/mol. The van der Waals surface area contributed by atoms with Crippen LogP contribution in [0.1, 0.15) is 5.56 Å². The highest BCUT2D eigenvalue weighted by Gasteiger charge is 2.05. The van der Waals surface area contributed by atoms with E-state index in [4.69, 9.17) is 4.74 Å². The zero-order valence-electron chi connectivity index (χ0n) is 12.3. The van der Waals surface area contributed by atoms with Crippen molar-refractivity contribution >= 4 is 21.8 Å². The van der Waals surface area contributed by atoms with Crippen LogP contribution >= 0.6 is 0 Å². The summed E-state index contributed by atoms with van der Waals surface area (Å²) in [6, 6.07) is 19.1. The second-order valence-corrected chi connectivity index (χ2v) is 5.32. The first-order valence-corrected chi connectivity index (χ1v) is 7.35. The van der Waals surface area contributed by atoms with Crippen molar-refractivity contribution in [3.63, 3.8) is 0 Å². The van der Waals surface area contributed by atoms with E-state index in [2.05, 4.69) is 9.97 Å². The van der Waals surface area contributed by atoms with Gasteiger partial charge >= 0.3 is 0 Å². The molecule has 0 saturated carbocycles. The Morgan fingerprint density at radius 1 is 0.913 bits per heavy atom. The summed E-state index contributed by atoms with van der Waals surface area (Å²) in [5, 5.41) is 12.0. The smallest absolute Gasteiger partial charge is 0.214 e. The minimum atomic E-state index is 0.160. The summed E-state index contributed by atoms with van der Waals surface area (Å²) in [4.78, 5) is 8.65. The fourth-order valence-corrected chi connectivity index (χ4v) is 2.60. The van der Waals surface area contributed by atoms with Crippen LogP contribution in [0.2, 0.25) is 0 Å². The Morgan fingerprint density at radius 2 is 1.78 bits per heavy atom. The van der Waals surface area contributed by atoms with Crippen molar-refractivity contribution in [3.05, 3.63) is 72.4 Å². The van der Waals surface area contributed by atoms with Gasteiger partial charge in [0.15, 0.2) is 0 Å². The number of hydrogen-bond donors (Lipinski definition) is 1. The molecule has 4 aromatic rings. The third-order valence-corrected chi connectivity index (χ3v) is 3.70. The average molecular weight is 302 g/mol. The first-order chi connectivity index (χ1) is 11.3. The lowest BCUT2D eigenvalue weighted by Gasteiger charge is -2.08. The van der Waals surface area contributed by atoms with E-state index in [9.17, 15) is 5.11 Å². The maximum Gasteiger partial charge on any atom is 0.214 e. The molecule has 2 aromatic carbocycles. The third kappa shape index (κ3) is 2.66. The number of fused-ring (bicyclic) bond motifs is 2. The number of phenolic OH excluding ortho intramolecular Hbond substituents is 1. The number of nitrogens with zero attached hydrogens (tertiary/aromatic N) is 2. The molecule has 0 atom stereocenters. The molecule has 0 amide bonds. The number of para-hydroxylation sites is 1. The quantitative estimate of drug-likeness (QED) is 0.620. The standard InChI is InChI=1S/C19H14N2O2/c22-17-11-13(10-15-5-3-9-20-19(15)17)12-23-18-8-7-14-4-1-2-6-16(14)21-18/h1-11,22H,12H2. The van der Waals surface area contributed by atoms with Gasteiger partial charge in [-0.2, -0.15) is 0 Å². The van der Waals surface area contributed by atoms with Crippen molar-refractivity contribution in [2.75, 3.05) is 0 Å². The minimum Gasteiger partial charge on any atom is -0.506 e. The minimum absolute atomic E-state index is 0.160. The number of pyridine rings is 2. The number of benzene rings is 2. The summed E-state index contributed by atoms with van der Waals surface area (Å²) >= 11 is 0. The molecule has 0 bridgehead atoms. The van der Waals surface area contributed by atoms with E-state index in [1.165, 1.54) is 0 Å². The molecule has 0 aliphatic carbocycles. The summed E-state index contributed by atoms with van der Waals surface area (Å²) in [5.41, 5.74) is 2.37. The van der Waals surface area contributed by atoms with Gasteiger partial charge < -0.3 is 9.84 Å². The summed E-state index contributed by atoms with van der Waals surface area (Å²) in [6.07, 6.45) is 1.66. The molecule has 4 heteroatoms. The summed E-state index contributed by atoms with van der Waals surface area (Å²) in [6.45, 7) is 0.337. The highest BCUT2D eigenvalue weighted by Crippen LogP contribution is 2.25. The topological polar surface area (TPSA) is 55.2 Å². The van der Waals surface area contributed by atoms with E-state index in [0.29, 0.717) is 18.0 Å². The van der Waals surface area contributed by atoms with Gasteiger partial charge in [0.1, 0.15) is 17.9 Å². The Bertz CT molecular complexity index is 999. The van der Waals surface area contributed by atoms with Gasteiger partial charge in [-0.15, -0.1) is 0 Å². The second-order valence-electron chi connectivity index (χ2n) is 5.32. The molecule has 0 radical (unpaired) electrons. The number of rotatable bonds is 3. The highest BCUT2D eigenvalue weighted by molar-refractivity contribution is 5.84. The normalized spacial score (nSPS) is 11.0. The Balaban J connectivity index is 1.60. The van der Waals surface area contributed by atoms with E-state index in [0.717, 1.165) is 21.9 Å². The average Bonchev–Trinajstić information content (AvgIpc) is 2.60. The molecule has 4 nitrogen and oxygen atoms in total. The molecule has 0 aliphatic heterocycles. The van der Waals surface area contributed by atoms with Crippen LogP contribution in [0, 0.1) is 0 Å². The van der Waals surface area contributed by atoms with Gasteiger partial charge in [0, 0.05) is 23.0 Å². The van der Waals surface area contributed by atoms with E-state index in [1.807, 2.05) is 54.6 Å². The molecule has 0 fully saturated rings. The van der Waals surface area contributed by atoms with Crippen LogP contribution in [-0.4, -0.2) is 15.1 Å². The second kappa shape index (κ2) is 5.57. The van der Waals surface area contributed by atoms with Gasteiger partial charge in [-0.05, 0) is 35.9 Å². The van der Waals surface area contributed by atoms with Gasteiger partial charge in [0.2, 0.25) is 5.88 Å². The van der Waals surface area contributed by atoms with E-state index in [1.54, 1.807) is 12.3 Å². The van der Waals surface area contributed by atoms with Gasteiger partial charge in [-0.3, -0.25) is 4.98 Å². The highest BCUT2D eigenvalue weighted by atomic mass is 16.5. The molecular formula is C19H14N2O2. The molecule has 0 spiro atoms. The molecule has 2 heterocycles. The van der Waals surface area contributed by atoms with Gasteiger partial charge in [-0.25, -0.2) is 4.98 Å². The molecule has 112 valence electrons. The Hall–Kier alpha value is -3.14. The van der Waals surface area contributed by atoms with E-state index >= 15 is 0 Å². The van der Waals surface area contributed by atoms with Crippen LogP contribution in [0.25, 0.3) is 21.8 Å². The number of aromatic hydroxyl groups is 1. The predicted octanol–water partition coefficient (Wildman–Crippen LogP) is 4.07. The first-order valence-electron chi connectivity index (χ1n) is 7.35. The van der Waals surface area contributed by atoms with Crippen LogP contribution in [-0.2, 0) is 6.61 Å². The fraction of sp³-hybridized carbons (Fsp3) is 0.0526. The molecule has 0 aliphatic rings. The van der Waals surface area contributed by atoms with Crippen LogP contribution in [0.15, 0.2) is 66.9 Å². The van der Waals surface area contributed by atoms with Crippen molar-refractivity contribution in [1.29, 1.82) is 0 Å². The van der Waals surface area contributed by atoms with Crippen LogP contribution in [0.3, 0.4) is 0 Å². The predicted molar refractivity (Wildman–Crippen MR) is 89.5 cm³/mol. The van der Waals surface area contributed by atoms with Crippen LogP contribution in [0.4, 0.5) is 0 Å². The zero-order valence-corrected chi connectivity index (χ0v) is 12.3. The molecule has 1 N–H and O–H groups in total. The van der Waals surface area contributed by atoms with Crippen LogP contribution < -0.4 is 4.74 Å². The van der Waals surface area contributed by atoms with Gasteiger partial charge in [0.25, 0.3) is 0 Å². The number of ether oxygens (including phenoxy) is 1. The Labute approximate surface area is 133 Å². The lowest BCUT2D eigenvalue weighted by molar-refractivity contribution is 0.294. The third-order valence-electron chi connectivity index (χ3n) is 3.70. The van der Waals surface area contributed by atoms with Crippen molar-refractivity contribution in [1.82, 2.24) is 9.97 Å². The molecule has 2 aromatic heterocycles. The lowest BCUT2D eigenvalue weighted by Crippen LogP contribution is -1.97. The number of aromatic nitrogens is 2. The van der Waals surface area contributed by atoms with E-state index < -0.39 is 0 Å². The number of phenols is 1. The molecule has 0 saturated heterocycles. The molecule has 0 unspecified atom stereocenters. The first kappa shape index (κ1) is 13.5. The maximum atomic E-state index is 10.1. The maximum absolute atomic E-state index is 10.1. The van der Waals surface area contributed by atoms with Crippen molar-refractivity contribution < 1.29 is 9.84 Å². The number of hydrogen-bond acceptors (Lipinski definition) is 4. The monoisotopic (exact) mass is 302 g/mol. The lowest BCUT2D eigenvalue weighted by atomic mass is 10.1. The summed E-state index contributed by atoms with van der Waals surface area (Å²) in [7, 11) is 0. The fourth-order valence-electron chi connectivity index (χ4n) is 2.60.